The zero-order chi connectivity index (χ0) is 21.6. The highest BCUT2D eigenvalue weighted by Crippen LogP contribution is 2.25. The molecule has 2 aromatic rings. The van der Waals surface area contributed by atoms with Gasteiger partial charge in [0.05, 0.1) is 33.9 Å². The molecule has 0 fully saturated rings. The van der Waals surface area contributed by atoms with E-state index in [0.717, 1.165) is 10.1 Å². The summed E-state index contributed by atoms with van der Waals surface area (Å²) in [5, 5.41) is 0. The molecule has 1 heterocycles. The van der Waals surface area contributed by atoms with E-state index in [1.165, 1.54) is 7.11 Å². The lowest BCUT2D eigenvalue weighted by molar-refractivity contribution is 0.0940. The quantitative estimate of drug-likeness (QED) is 0.532. The third-order valence-electron chi connectivity index (χ3n) is 4.39. The van der Waals surface area contributed by atoms with Gasteiger partial charge in [-0.05, 0) is 13.1 Å². The summed E-state index contributed by atoms with van der Waals surface area (Å²) < 4.78 is 16.6. The highest BCUT2D eigenvalue weighted by Gasteiger charge is 2.21. The van der Waals surface area contributed by atoms with E-state index in [1.807, 2.05) is 6.07 Å². The Bertz CT molecular complexity index is 982. The summed E-state index contributed by atoms with van der Waals surface area (Å²) in [6.07, 6.45) is 0. The molecule has 0 bridgehead atoms. The van der Waals surface area contributed by atoms with Crippen molar-refractivity contribution in [3.8, 4) is 11.5 Å². The molecule has 0 saturated carbocycles. The van der Waals surface area contributed by atoms with Crippen LogP contribution in [-0.2, 0) is 17.8 Å². The Morgan fingerprint density at radius 3 is 2.55 bits per heavy atom. The summed E-state index contributed by atoms with van der Waals surface area (Å²) in [6, 6.07) is 5.38. The second-order valence-electron chi connectivity index (χ2n) is 6.44. The molecule has 0 aliphatic rings. The Balaban J connectivity index is 2.22. The number of likely N-dealkylation sites (N-methyl/N-ethyl adjacent to an activating group) is 1. The predicted octanol–water partition coefficient (Wildman–Crippen LogP) is 0.0971. The molecule has 0 atom stereocenters. The minimum atomic E-state index is -0.804. The number of methoxy groups -OCH3 is 3. The molecule has 2 rings (SSSR count). The highest BCUT2D eigenvalue weighted by molar-refractivity contribution is 6.01. The summed E-state index contributed by atoms with van der Waals surface area (Å²) in [6.45, 7) is 0.642. The van der Waals surface area contributed by atoms with Crippen molar-refractivity contribution in [2.45, 2.75) is 13.1 Å². The van der Waals surface area contributed by atoms with Gasteiger partial charge in [-0.2, -0.15) is 0 Å². The van der Waals surface area contributed by atoms with Crippen molar-refractivity contribution in [1.82, 2.24) is 14.5 Å². The van der Waals surface area contributed by atoms with E-state index in [2.05, 4.69) is 4.98 Å². The smallest absolute Gasteiger partial charge is 0.330 e. The van der Waals surface area contributed by atoms with Crippen molar-refractivity contribution < 1.29 is 19.0 Å². The van der Waals surface area contributed by atoms with Crippen LogP contribution in [0.3, 0.4) is 0 Å². The number of benzene rings is 1. The van der Waals surface area contributed by atoms with Gasteiger partial charge in [0, 0.05) is 25.3 Å². The molecule has 0 aliphatic heterocycles. The zero-order valence-corrected chi connectivity index (χ0v) is 17.0. The molecule has 0 aliphatic carbocycles. The third kappa shape index (κ3) is 5.24. The van der Waals surface area contributed by atoms with Crippen LogP contribution in [0.15, 0.2) is 27.8 Å². The number of carbonyl (C=O) groups excluding carboxylic acids is 1. The Hall–Kier alpha value is -3.11. The Morgan fingerprint density at radius 2 is 1.93 bits per heavy atom. The average Bonchev–Trinajstić information content (AvgIpc) is 2.67. The normalized spacial score (nSPS) is 10.9. The number of rotatable bonds is 10. The van der Waals surface area contributed by atoms with Gasteiger partial charge < -0.3 is 19.9 Å². The number of ketones is 1. The van der Waals surface area contributed by atoms with Crippen LogP contribution < -0.4 is 26.5 Å². The lowest BCUT2D eigenvalue weighted by Gasteiger charge is -2.19. The lowest BCUT2D eigenvalue weighted by atomic mass is 10.1. The van der Waals surface area contributed by atoms with Crippen LogP contribution >= 0.6 is 0 Å². The number of nitrogens with one attached hydrogen (secondary N) is 1. The van der Waals surface area contributed by atoms with Crippen LogP contribution in [-0.4, -0.2) is 61.8 Å². The van der Waals surface area contributed by atoms with Crippen molar-refractivity contribution in [3.63, 3.8) is 0 Å². The molecule has 0 spiro atoms. The molecule has 0 amide bonds. The maximum absolute atomic E-state index is 12.7. The molecule has 29 heavy (non-hydrogen) atoms. The van der Waals surface area contributed by atoms with Gasteiger partial charge in [-0.15, -0.1) is 0 Å². The standard InChI is InChI=1S/C19H26N4O6/c1-22(10-12-5-6-13(28-3)9-15(12)29-4)11-14(24)16-17(20)23(7-8-27-2)19(26)21-18(16)25/h5-6,9H,7-8,10-11,20H2,1-4H3,(H,21,25,26). The fourth-order valence-electron chi connectivity index (χ4n) is 2.92. The van der Waals surface area contributed by atoms with E-state index in [4.69, 9.17) is 19.9 Å². The van der Waals surface area contributed by atoms with Crippen LogP contribution in [0.25, 0.3) is 0 Å². The van der Waals surface area contributed by atoms with Crippen LogP contribution in [0.4, 0.5) is 5.82 Å². The SMILES string of the molecule is COCCn1c(N)c(C(=O)CN(C)Cc2ccc(OC)cc2OC)c(=O)[nH]c1=O. The molecular weight excluding hydrogens is 380 g/mol. The van der Waals surface area contributed by atoms with E-state index < -0.39 is 17.0 Å². The molecule has 3 N–H and O–H groups in total. The second kappa shape index (κ2) is 9.89. The molecule has 10 nitrogen and oxygen atoms in total. The van der Waals surface area contributed by atoms with Gasteiger partial charge in [-0.3, -0.25) is 24.0 Å². The van der Waals surface area contributed by atoms with Crippen molar-refractivity contribution in [2.75, 3.05) is 47.3 Å². The topological polar surface area (TPSA) is 129 Å². The van der Waals surface area contributed by atoms with Crippen LogP contribution in [0, 0.1) is 0 Å². The van der Waals surface area contributed by atoms with Crippen molar-refractivity contribution in [1.29, 1.82) is 0 Å². The number of aromatic nitrogens is 2. The van der Waals surface area contributed by atoms with Crippen LogP contribution in [0.2, 0.25) is 0 Å². The molecule has 0 radical (unpaired) electrons. The predicted molar refractivity (Wildman–Crippen MR) is 108 cm³/mol. The van der Waals surface area contributed by atoms with E-state index in [-0.39, 0.29) is 31.1 Å². The maximum Gasteiger partial charge on any atom is 0.330 e. The maximum atomic E-state index is 12.7. The summed E-state index contributed by atoms with van der Waals surface area (Å²) in [7, 11) is 6.31. The Labute approximate surface area is 167 Å². The van der Waals surface area contributed by atoms with Gasteiger partial charge in [0.15, 0.2) is 5.78 Å². The summed E-state index contributed by atoms with van der Waals surface area (Å²) >= 11 is 0. The van der Waals surface area contributed by atoms with Crippen molar-refractivity contribution >= 4 is 11.6 Å². The first-order valence-electron chi connectivity index (χ1n) is 8.86. The van der Waals surface area contributed by atoms with E-state index in [1.54, 1.807) is 38.3 Å². The number of hydrogen-bond acceptors (Lipinski definition) is 8. The fraction of sp³-hybridized carbons (Fsp3) is 0.421. The monoisotopic (exact) mass is 406 g/mol. The number of nitrogen functional groups attached to an aromatic ring is 1. The minimum Gasteiger partial charge on any atom is -0.497 e. The average molecular weight is 406 g/mol. The van der Waals surface area contributed by atoms with Gasteiger partial charge in [-0.25, -0.2) is 4.79 Å². The highest BCUT2D eigenvalue weighted by atomic mass is 16.5. The van der Waals surface area contributed by atoms with Gasteiger partial charge in [0.1, 0.15) is 22.9 Å². The summed E-state index contributed by atoms with van der Waals surface area (Å²) in [5.74, 6) is 0.609. The summed E-state index contributed by atoms with van der Waals surface area (Å²) in [5.41, 5.74) is 5.06. The molecule has 1 aromatic carbocycles. The van der Waals surface area contributed by atoms with Gasteiger partial charge in [-0.1, -0.05) is 6.07 Å². The summed E-state index contributed by atoms with van der Waals surface area (Å²) in [4.78, 5) is 40.7. The largest absolute Gasteiger partial charge is 0.497 e. The van der Waals surface area contributed by atoms with Crippen molar-refractivity contribution in [3.05, 3.63) is 50.2 Å². The number of aromatic amines is 1. The number of H-pyrrole nitrogens is 1. The van der Waals surface area contributed by atoms with Gasteiger partial charge >= 0.3 is 5.69 Å². The van der Waals surface area contributed by atoms with E-state index in [9.17, 15) is 14.4 Å². The van der Waals surface area contributed by atoms with Crippen LogP contribution in [0.1, 0.15) is 15.9 Å². The number of anilines is 1. The molecule has 10 heteroatoms. The first-order valence-corrected chi connectivity index (χ1v) is 8.86. The second-order valence-corrected chi connectivity index (χ2v) is 6.44. The number of nitrogens with zero attached hydrogens (tertiary/aromatic N) is 2. The molecule has 1 aromatic heterocycles. The number of Topliss-reactive ketones (excluding diaryl/α,β-unsaturated/α-hetero) is 1. The molecule has 158 valence electrons. The third-order valence-corrected chi connectivity index (χ3v) is 4.39. The number of hydrogen-bond donors (Lipinski definition) is 2. The fourth-order valence-corrected chi connectivity index (χ4v) is 2.92. The number of carbonyl (C=O) groups is 1. The van der Waals surface area contributed by atoms with E-state index in [0.29, 0.717) is 18.0 Å². The molecule has 0 saturated heterocycles. The Morgan fingerprint density at radius 1 is 1.21 bits per heavy atom. The van der Waals surface area contributed by atoms with Gasteiger partial charge in [0.2, 0.25) is 0 Å². The molecular formula is C19H26N4O6. The first-order chi connectivity index (χ1) is 13.8. The zero-order valence-electron chi connectivity index (χ0n) is 17.0. The lowest BCUT2D eigenvalue weighted by Crippen LogP contribution is -2.39. The first kappa shape index (κ1) is 22.2. The molecule has 0 unspecified atom stereocenters. The number of ether oxygens (including phenoxy) is 3. The van der Waals surface area contributed by atoms with Gasteiger partial charge in [0.25, 0.3) is 5.56 Å². The minimum absolute atomic E-state index is 0.0784. The van der Waals surface area contributed by atoms with Crippen LogP contribution in [0.5, 0.6) is 11.5 Å². The van der Waals surface area contributed by atoms with Crippen molar-refractivity contribution in [2.24, 2.45) is 0 Å². The van der Waals surface area contributed by atoms with E-state index >= 15 is 0 Å². The Kier molecular flexibility index (Phi) is 7.57. The number of nitrogens with two attached hydrogens (primary N) is 1.